The molecule has 0 bridgehead atoms. The Morgan fingerprint density at radius 2 is 1.96 bits per heavy atom. The predicted molar refractivity (Wildman–Crippen MR) is 94.6 cm³/mol. The lowest BCUT2D eigenvalue weighted by Gasteiger charge is -2.18. The minimum atomic E-state index is -4.81. The Labute approximate surface area is 157 Å². The highest BCUT2D eigenvalue weighted by molar-refractivity contribution is 5.98. The molecule has 0 amide bonds. The number of hydrogen-bond donors (Lipinski definition) is 1. The van der Waals surface area contributed by atoms with Crippen LogP contribution >= 0.6 is 0 Å². The molecular formula is C20H15F4NO3. The van der Waals surface area contributed by atoms with Crippen molar-refractivity contribution in [3.8, 4) is 16.9 Å². The van der Waals surface area contributed by atoms with Gasteiger partial charge >= 0.3 is 12.1 Å². The number of nitrogens with zero attached hydrogens (tertiary/aromatic N) is 1. The van der Waals surface area contributed by atoms with E-state index in [0.29, 0.717) is 17.0 Å². The average Bonchev–Trinajstić information content (AvgIpc) is 2.64. The second-order valence-electron chi connectivity index (χ2n) is 6.09. The third kappa shape index (κ3) is 3.76. The molecule has 3 rings (SSSR count). The summed E-state index contributed by atoms with van der Waals surface area (Å²) in [5.74, 6) is -2.32. The lowest BCUT2D eigenvalue weighted by molar-refractivity contribution is -0.138. The maximum Gasteiger partial charge on any atom is 0.417 e. The van der Waals surface area contributed by atoms with Crippen LogP contribution in [-0.4, -0.2) is 23.2 Å². The third-order valence-electron chi connectivity index (χ3n) is 4.33. The first-order valence-corrected chi connectivity index (χ1v) is 8.26. The second kappa shape index (κ2) is 7.46. The molecule has 1 aromatic heterocycles. The molecular weight excluding hydrogens is 378 g/mol. The van der Waals surface area contributed by atoms with Gasteiger partial charge in [-0.15, -0.1) is 0 Å². The molecule has 4 nitrogen and oxygen atoms in total. The molecule has 0 spiro atoms. The van der Waals surface area contributed by atoms with Crippen LogP contribution in [0.25, 0.3) is 22.0 Å². The largest absolute Gasteiger partial charge is 0.496 e. The highest BCUT2D eigenvalue weighted by Gasteiger charge is 2.36. The first-order valence-electron chi connectivity index (χ1n) is 8.26. The fourth-order valence-corrected chi connectivity index (χ4v) is 3.14. The Morgan fingerprint density at radius 3 is 2.61 bits per heavy atom. The summed E-state index contributed by atoms with van der Waals surface area (Å²) in [7, 11) is 1.16. The summed E-state index contributed by atoms with van der Waals surface area (Å²) in [6.07, 6.45) is -3.31. The standard InChI is InChI=1S/C20H15F4NO3/c1-28-16-10-12(21)9-15(20(22,23)24)18(16)14-6-4-11(5-7-17(26)27)13-3-2-8-25-19(13)14/h2-4,6,8-10H,5,7H2,1H3,(H,26,27). The zero-order valence-electron chi connectivity index (χ0n) is 14.7. The molecule has 1 heterocycles. The van der Waals surface area contributed by atoms with Gasteiger partial charge in [0, 0.05) is 35.2 Å². The van der Waals surface area contributed by atoms with E-state index in [2.05, 4.69) is 4.98 Å². The highest BCUT2D eigenvalue weighted by Crippen LogP contribution is 2.44. The number of aromatic nitrogens is 1. The Morgan fingerprint density at radius 1 is 1.21 bits per heavy atom. The van der Waals surface area contributed by atoms with E-state index in [4.69, 9.17) is 9.84 Å². The van der Waals surface area contributed by atoms with E-state index < -0.39 is 23.5 Å². The Kier molecular flexibility index (Phi) is 5.22. The van der Waals surface area contributed by atoms with Gasteiger partial charge in [-0.3, -0.25) is 9.78 Å². The predicted octanol–water partition coefficient (Wildman–Crippen LogP) is 5.09. The van der Waals surface area contributed by atoms with Crippen LogP contribution in [-0.2, 0) is 17.4 Å². The molecule has 0 aliphatic heterocycles. The smallest absolute Gasteiger partial charge is 0.417 e. The average molecular weight is 393 g/mol. The molecule has 0 atom stereocenters. The topological polar surface area (TPSA) is 59.4 Å². The van der Waals surface area contributed by atoms with E-state index in [0.717, 1.165) is 13.2 Å². The van der Waals surface area contributed by atoms with Crippen LogP contribution in [0, 0.1) is 5.82 Å². The van der Waals surface area contributed by atoms with E-state index in [1.54, 1.807) is 18.2 Å². The normalized spacial score (nSPS) is 11.6. The zero-order chi connectivity index (χ0) is 20.5. The number of aliphatic carboxylic acids is 1. The summed E-state index contributed by atoms with van der Waals surface area (Å²) >= 11 is 0. The van der Waals surface area contributed by atoms with Crippen LogP contribution in [0.1, 0.15) is 17.5 Å². The number of ether oxygens (including phenoxy) is 1. The van der Waals surface area contributed by atoms with Crippen molar-refractivity contribution in [3.05, 3.63) is 59.5 Å². The van der Waals surface area contributed by atoms with Crippen LogP contribution in [0.4, 0.5) is 17.6 Å². The number of aryl methyl sites for hydroxylation is 1. The minimum absolute atomic E-state index is 0.124. The molecule has 0 radical (unpaired) electrons. The Hall–Kier alpha value is -3.16. The number of hydrogen-bond acceptors (Lipinski definition) is 3. The fourth-order valence-electron chi connectivity index (χ4n) is 3.14. The molecule has 0 aliphatic carbocycles. The number of rotatable bonds is 5. The number of benzene rings is 2. The highest BCUT2D eigenvalue weighted by atomic mass is 19.4. The molecule has 0 fully saturated rings. The van der Waals surface area contributed by atoms with Crippen LogP contribution in [0.3, 0.4) is 0 Å². The number of carbonyl (C=O) groups is 1. The van der Waals surface area contributed by atoms with Crippen molar-refractivity contribution in [2.24, 2.45) is 0 Å². The first kappa shape index (κ1) is 19.6. The van der Waals surface area contributed by atoms with Gasteiger partial charge in [0.2, 0.25) is 0 Å². The molecule has 8 heteroatoms. The fraction of sp³-hybridized carbons (Fsp3) is 0.200. The second-order valence-corrected chi connectivity index (χ2v) is 6.09. The minimum Gasteiger partial charge on any atom is -0.496 e. The number of methoxy groups -OCH3 is 1. The summed E-state index contributed by atoms with van der Waals surface area (Å²) in [5, 5.41) is 9.44. The molecule has 0 aliphatic rings. The monoisotopic (exact) mass is 393 g/mol. The van der Waals surface area contributed by atoms with Gasteiger partial charge in [0.25, 0.3) is 0 Å². The van der Waals surface area contributed by atoms with Crippen molar-refractivity contribution in [1.29, 1.82) is 0 Å². The number of alkyl halides is 3. The van der Waals surface area contributed by atoms with Crippen LogP contribution in [0.5, 0.6) is 5.75 Å². The summed E-state index contributed by atoms with van der Waals surface area (Å²) in [6.45, 7) is 0. The summed E-state index contributed by atoms with van der Waals surface area (Å²) in [6, 6.07) is 7.57. The van der Waals surface area contributed by atoms with Crippen LogP contribution in [0.2, 0.25) is 0 Å². The van der Waals surface area contributed by atoms with Gasteiger partial charge in [-0.05, 0) is 24.1 Å². The van der Waals surface area contributed by atoms with E-state index in [1.165, 1.54) is 12.3 Å². The summed E-state index contributed by atoms with van der Waals surface area (Å²) < 4.78 is 59.6. The molecule has 2 aromatic carbocycles. The number of carboxylic acids is 1. The number of carboxylic acid groups (broad SMARTS) is 1. The Balaban J connectivity index is 2.31. The van der Waals surface area contributed by atoms with Crippen molar-refractivity contribution in [1.82, 2.24) is 4.98 Å². The van der Waals surface area contributed by atoms with Gasteiger partial charge in [0.05, 0.1) is 18.2 Å². The maximum absolute atomic E-state index is 13.7. The quantitative estimate of drug-likeness (QED) is 0.614. The van der Waals surface area contributed by atoms with Crippen LogP contribution < -0.4 is 4.74 Å². The van der Waals surface area contributed by atoms with Gasteiger partial charge < -0.3 is 9.84 Å². The SMILES string of the molecule is COc1cc(F)cc(C(F)(F)F)c1-c1ccc(CCC(=O)O)c2cccnc12. The van der Waals surface area contributed by atoms with Gasteiger partial charge in [0.15, 0.2) is 0 Å². The van der Waals surface area contributed by atoms with Gasteiger partial charge in [-0.1, -0.05) is 18.2 Å². The van der Waals surface area contributed by atoms with Gasteiger partial charge in [-0.25, -0.2) is 4.39 Å². The molecule has 1 N–H and O–H groups in total. The number of pyridine rings is 1. The molecule has 28 heavy (non-hydrogen) atoms. The molecule has 0 saturated carbocycles. The number of halogens is 4. The Bertz CT molecular complexity index is 1050. The van der Waals surface area contributed by atoms with Crippen molar-refractivity contribution in [2.75, 3.05) is 7.11 Å². The lowest BCUT2D eigenvalue weighted by atomic mass is 9.92. The molecule has 3 aromatic rings. The van der Waals surface area contributed by atoms with E-state index in [1.807, 2.05) is 0 Å². The van der Waals surface area contributed by atoms with Crippen molar-refractivity contribution < 1.29 is 32.2 Å². The van der Waals surface area contributed by atoms with Crippen molar-refractivity contribution in [2.45, 2.75) is 19.0 Å². The van der Waals surface area contributed by atoms with Gasteiger partial charge in [-0.2, -0.15) is 13.2 Å². The van der Waals surface area contributed by atoms with Gasteiger partial charge in [0.1, 0.15) is 11.6 Å². The lowest BCUT2D eigenvalue weighted by Crippen LogP contribution is -2.09. The van der Waals surface area contributed by atoms with E-state index >= 15 is 0 Å². The van der Waals surface area contributed by atoms with Crippen LogP contribution in [0.15, 0.2) is 42.6 Å². The molecule has 0 unspecified atom stereocenters. The third-order valence-corrected chi connectivity index (χ3v) is 4.33. The maximum atomic E-state index is 13.7. The van der Waals surface area contributed by atoms with Crippen molar-refractivity contribution in [3.63, 3.8) is 0 Å². The zero-order valence-corrected chi connectivity index (χ0v) is 14.7. The first-order chi connectivity index (χ1) is 13.2. The summed E-state index contributed by atoms with van der Waals surface area (Å²) in [4.78, 5) is 15.1. The van der Waals surface area contributed by atoms with E-state index in [9.17, 15) is 22.4 Å². The summed E-state index contributed by atoms with van der Waals surface area (Å²) in [5.41, 5.74) is -0.469. The number of fused-ring (bicyclic) bond motifs is 1. The van der Waals surface area contributed by atoms with E-state index in [-0.39, 0.29) is 35.2 Å². The molecule has 0 saturated heterocycles. The molecule has 146 valence electrons. The van der Waals surface area contributed by atoms with Crippen molar-refractivity contribution >= 4 is 16.9 Å².